The van der Waals surface area contributed by atoms with E-state index < -0.39 is 10.8 Å². The average Bonchev–Trinajstić information content (AvgIpc) is 2.69. The Labute approximate surface area is 96.7 Å². The van der Waals surface area contributed by atoms with E-state index in [4.69, 9.17) is 0 Å². The lowest BCUT2D eigenvalue weighted by molar-refractivity contribution is 0.547. The van der Waals surface area contributed by atoms with Gasteiger partial charge in [0.2, 0.25) is 0 Å². The van der Waals surface area contributed by atoms with E-state index in [1.54, 1.807) is 0 Å². The number of hydrogen-bond donors (Lipinski definition) is 1. The maximum absolute atomic E-state index is 11.9. The molecule has 0 aromatic heterocycles. The van der Waals surface area contributed by atoms with Crippen molar-refractivity contribution in [3.05, 3.63) is 0 Å². The molecule has 1 aliphatic carbocycles. The summed E-state index contributed by atoms with van der Waals surface area (Å²) in [7, 11) is -0.604. The Kier molecular flexibility index (Phi) is 6.50. The van der Waals surface area contributed by atoms with E-state index in [0.717, 1.165) is 30.4 Å². The lowest BCUT2D eigenvalue weighted by Gasteiger charge is -2.16. The van der Waals surface area contributed by atoms with Crippen molar-refractivity contribution in [2.75, 3.05) is 18.1 Å². The first-order chi connectivity index (χ1) is 7.26. The largest absolute Gasteiger partial charge is 0.313 e. The van der Waals surface area contributed by atoms with Crippen LogP contribution in [-0.2, 0) is 10.8 Å². The second-order valence-corrected chi connectivity index (χ2v) is 6.13. The molecule has 2 atom stereocenters. The van der Waals surface area contributed by atoms with Gasteiger partial charge in [-0.15, -0.1) is 0 Å². The fraction of sp³-hybridized carbons (Fsp3) is 1.00. The Hall–Kier alpha value is 0.110. The van der Waals surface area contributed by atoms with Gasteiger partial charge in [0.15, 0.2) is 0 Å². The van der Waals surface area contributed by atoms with Gasteiger partial charge in [0.25, 0.3) is 0 Å². The maximum atomic E-state index is 11.9. The van der Waals surface area contributed by atoms with Gasteiger partial charge in [0.1, 0.15) is 0 Å². The van der Waals surface area contributed by atoms with Crippen molar-refractivity contribution in [1.82, 2.24) is 5.32 Å². The van der Waals surface area contributed by atoms with Crippen molar-refractivity contribution in [3.8, 4) is 0 Å². The zero-order valence-electron chi connectivity index (χ0n) is 10.1. The van der Waals surface area contributed by atoms with Crippen molar-refractivity contribution in [2.24, 2.45) is 5.92 Å². The van der Waals surface area contributed by atoms with Crippen LogP contribution in [0.3, 0.4) is 0 Å². The van der Waals surface area contributed by atoms with Crippen molar-refractivity contribution in [1.29, 1.82) is 0 Å². The molecule has 0 spiro atoms. The van der Waals surface area contributed by atoms with Crippen molar-refractivity contribution in [3.63, 3.8) is 0 Å². The van der Waals surface area contributed by atoms with Crippen molar-refractivity contribution in [2.45, 2.75) is 52.0 Å². The van der Waals surface area contributed by atoms with Gasteiger partial charge < -0.3 is 5.32 Å². The number of hydrogen-bond acceptors (Lipinski definition) is 2. The summed E-state index contributed by atoms with van der Waals surface area (Å²) >= 11 is 0. The Morgan fingerprint density at radius 2 is 2.00 bits per heavy atom. The Morgan fingerprint density at radius 1 is 1.33 bits per heavy atom. The van der Waals surface area contributed by atoms with Gasteiger partial charge in [-0.2, -0.15) is 0 Å². The van der Waals surface area contributed by atoms with Crippen LogP contribution in [0.5, 0.6) is 0 Å². The van der Waals surface area contributed by atoms with Crippen LogP contribution in [-0.4, -0.2) is 28.3 Å². The van der Waals surface area contributed by atoms with Crippen LogP contribution < -0.4 is 5.32 Å². The Morgan fingerprint density at radius 3 is 2.53 bits per heavy atom. The van der Waals surface area contributed by atoms with Crippen LogP contribution in [0, 0.1) is 5.92 Å². The van der Waals surface area contributed by atoms with Gasteiger partial charge in [-0.1, -0.05) is 26.7 Å². The molecule has 0 radical (unpaired) electrons. The topological polar surface area (TPSA) is 29.1 Å². The summed E-state index contributed by atoms with van der Waals surface area (Å²) in [5.74, 6) is 2.55. The van der Waals surface area contributed by atoms with Gasteiger partial charge in [0, 0.05) is 28.3 Å². The summed E-state index contributed by atoms with van der Waals surface area (Å²) in [5.41, 5.74) is 0. The highest BCUT2D eigenvalue weighted by atomic mass is 32.2. The molecule has 15 heavy (non-hydrogen) atoms. The van der Waals surface area contributed by atoms with Crippen LogP contribution >= 0.6 is 0 Å². The molecule has 1 rings (SSSR count). The third kappa shape index (κ3) is 5.12. The van der Waals surface area contributed by atoms with Crippen LogP contribution in [0.15, 0.2) is 0 Å². The molecule has 0 aliphatic heterocycles. The van der Waals surface area contributed by atoms with Gasteiger partial charge in [-0.25, -0.2) is 0 Å². The molecule has 0 bridgehead atoms. The van der Waals surface area contributed by atoms with E-state index in [-0.39, 0.29) is 0 Å². The highest BCUT2D eigenvalue weighted by molar-refractivity contribution is 7.85. The minimum absolute atomic E-state index is 0.456. The maximum Gasteiger partial charge on any atom is 0.0388 e. The van der Waals surface area contributed by atoms with Crippen LogP contribution in [0.1, 0.15) is 46.0 Å². The smallest absolute Gasteiger partial charge is 0.0388 e. The molecular formula is C12H25NOS. The summed E-state index contributed by atoms with van der Waals surface area (Å²) in [6, 6.07) is 0.456. The van der Waals surface area contributed by atoms with Crippen LogP contribution in [0.25, 0.3) is 0 Å². The Bertz CT molecular complexity index is 190. The first kappa shape index (κ1) is 13.2. The SMILES string of the molecule is CCNC(CC)CS(=O)CC1CCCC1. The zero-order chi connectivity index (χ0) is 11.1. The van der Waals surface area contributed by atoms with Crippen molar-refractivity contribution < 1.29 is 4.21 Å². The molecule has 1 N–H and O–H groups in total. The van der Waals surface area contributed by atoms with Crippen molar-refractivity contribution >= 4 is 10.8 Å². The second kappa shape index (κ2) is 7.39. The third-order valence-electron chi connectivity index (χ3n) is 3.27. The Balaban J connectivity index is 2.20. The average molecular weight is 231 g/mol. The molecule has 1 saturated carbocycles. The highest BCUT2D eigenvalue weighted by Crippen LogP contribution is 2.25. The summed E-state index contributed by atoms with van der Waals surface area (Å²) < 4.78 is 11.9. The zero-order valence-corrected chi connectivity index (χ0v) is 10.9. The molecular weight excluding hydrogens is 206 g/mol. The summed E-state index contributed by atoms with van der Waals surface area (Å²) in [6.07, 6.45) is 6.41. The first-order valence-electron chi connectivity index (χ1n) is 6.34. The molecule has 1 aliphatic rings. The molecule has 3 heteroatoms. The third-order valence-corrected chi connectivity index (χ3v) is 4.89. The van der Waals surface area contributed by atoms with Gasteiger partial charge in [-0.05, 0) is 31.7 Å². The van der Waals surface area contributed by atoms with Gasteiger partial charge in [-0.3, -0.25) is 4.21 Å². The lowest BCUT2D eigenvalue weighted by Crippen LogP contribution is -2.34. The minimum Gasteiger partial charge on any atom is -0.313 e. The number of nitrogens with one attached hydrogen (secondary N) is 1. The molecule has 2 unspecified atom stereocenters. The molecule has 0 saturated heterocycles. The first-order valence-corrected chi connectivity index (χ1v) is 7.83. The molecule has 0 amide bonds. The monoisotopic (exact) mass is 231 g/mol. The summed E-state index contributed by atoms with van der Waals surface area (Å²) in [5, 5.41) is 3.40. The van der Waals surface area contributed by atoms with Crippen LogP contribution in [0.2, 0.25) is 0 Å². The molecule has 0 aromatic carbocycles. The minimum atomic E-state index is -0.604. The van der Waals surface area contributed by atoms with Crippen LogP contribution in [0.4, 0.5) is 0 Å². The standard InChI is InChI=1S/C12H25NOS/c1-3-12(13-4-2)10-15(14)9-11-7-5-6-8-11/h11-13H,3-10H2,1-2H3. The quantitative estimate of drug-likeness (QED) is 0.728. The summed E-state index contributed by atoms with van der Waals surface area (Å²) in [6.45, 7) is 5.27. The molecule has 0 heterocycles. The van der Waals surface area contributed by atoms with E-state index in [1.165, 1.54) is 25.7 Å². The fourth-order valence-corrected chi connectivity index (χ4v) is 4.14. The van der Waals surface area contributed by atoms with Gasteiger partial charge >= 0.3 is 0 Å². The number of rotatable bonds is 7. The second-order valence-electron chi connectivity index (χ2n) is 4.59. The summed E-state index contributed by atoms with van der Waals surface area (Å²) in [4.78, 5) is 0. The predicted molar refractivity (Wildman–Crippen MR) is 67.6 cm³/mol. The normalized spacial score (nSPS) is 21.7. The molecule has 1 fully saturated rings. The molecule has 90 valence electrons. The molecule has 0 aromatic rings. The predicted octanol–water partition coefficient (Wildman–Crippen LogP) is 2.31. The van der Waals surface area contributed by atoms with E-state index >= 15 is 0 Å². The van der Waals surface area contributed by atoms with Gasteiger partial charge in [0.05, 0.1) is 0 Å². The lowest BCUT2D eigenvalue weighted by atomic mass is 10.1. The van der Waals surface area contributed by atoms with E-state index in [1.807, 2.05) is 0 Å². The van der Waals surface area contributed by atoms with E-state index in [2.05, 4.69) is 19.2 Å². The fourth-order valence-electron chi connectivity index (χ4n) is 2.34. The van der Waals surface area contributed by atoms with E-state index in [0.29, 0.717) is 6.04 Å². The molecule has 2 nitrogen and oxygen atoms in total. The highest BCUT2D eigenvalue weighted by Gasteiger charge is 2.19. The van der Waals surface area contributed by atoms with E-state index in [9.17, 15) is 4.21 Å².